The van der Waals surface area contributed by atoms with Crippen LogP contribution in [-0.4, -0.2) is 17.3 Å². The minimum atomic E-state index is 0.157. The number of fused-ring (bicyclic) bond motifs is 1. The zero-order valence-corrected chi connectivity index (χ0v) is 12.5. The summed E-state index contributed by atoms with van der Waals surface area (Å²) >= 11 is 0. The minimum absolute atomic E-state index is 0.157. The number of nitrogens with one attached hydrogen (secondary N) is 2. The van der Waals surface area contributed by atoms with Crippen LogP contribution < -0.4 is 10.1 Å². The normalized spacial score (nSPS) is 12.3. The van der Waals surface area contributed by atoms with E-state index in [4.69, 9.17) is 4.74 Å². The lowest BCUT2D eigenvalue weighted by molar-refractivity contribution is 0.407. The summed E-state index contributed by atoms with van der Waals surface area (Å²) < 4.78 is 5.49. The molecule has 0 saturated carbocycles. The highest BCUT2D eigenvalue weighted by atomic mass is 16.5. The molecule has 108 valence electrons. The quantitative estimate of drug-likeness (QED) is 0.758. The van der Waals surface area contributed by atoms with E-state index in [0.29, 0.717) is 0 Å². The molecular weight excluding hydrogens is 262 g/mol. The zero-order valence-electron chi connectivity index (χ0n) is 12.5. The van der Waals surface area contributed by atoms with E-state index in [1.807, 2.05) is 12.3 Å². The summed E-state index contributed by atoms with van der Waals surface area (Å²) in [6, 6.07) is 12.6. The standard InChI is InChI=1S/C17H19N3O/c1-11-4-6-15(17(8-11)21-3)12(2)19-14-5-7-16-13(9-14)10-18-20-16/h4-10,12,19H,1-3H3,(H,18,20). The van der Waals surface area contributed by atoms with Crippen molar-refractivity contribution in [3.63, 3.8) is 0 Å². The van der Waals surface area contributed by atoms with Gasteiger partial charge >= 0.3 is 0 Å². The van der Waals surface area contributed by atoms with Gasteiger partial charge in [0.1, 0.15) is 5.75 Å². The van der Waals surface area contributed by atoms with Gasteiger partial charge in [-0.15, -0.1) is 0 Å². The number of rotatable bonds is 4. The van der Waals surface area contributed by atoms with Gasteiger partial charge in [-0.3, -0.25) is 5.10 Å². The summed E-state index contributed by atoms with van der Waals surface area (Å²) in [4.78, 5) is 0. The van der Waals surface area contributed by atoms with Gasteiger partial charge in [0.15, 0.2) is 0 Å². The number of hydrogen-bond acceptors (Lipinski definition) is 3. The second kappa shape index (κ2) is 5.48. The van der Waals surface area contributed by atoms with E-state index < -0.39 is 0 Å². The Morgan fingerprint density at radius 3 is 2.86 bits per heavy atom. The van der Waals surface area contributed by atoms with Crippen LogP contribution in [-0.2, 0) is 0 Å². The van der Waals surface area contributed by atoms with Crippen LogP contribution >= 0.6 is 0 Å². The molecule has 2 aromatic carbocycles. The largest absolute Gasteiger partial charge is 0.496 e. The molecule has 0 aliphatic carbocycles. The topological polar surface area (TPSA) is 49.9 Å². The summed E-state index contributed by atoms with van der Waals surface area (Å²) in [7, 11) is 1.71. The number of nitrogens with zero attached hydrogens (tertiary/aromatic N) is 1. The van der Waals surface area contributed by atoms with Crippen molar-refractivity contribution in [1.82, 2.24) is 10.2 Å². The van der Waals surface area contributed by atoms with E-state index in [1.54, 1.807) is 7.11 Å². The van der Waals surface area contributed by atoms with E-state index in [9.17, 15) is 0 Å². The number of aryl methyl sites for hydroxylation is 1. The second-order valence-corrected chi connectivity index (χ2v) is 5.28. The molecule has 0 saturated heterocycles. The maximum atomic E-state index is 5.49. The minimum Gasteiger partial charge on any atom is -0.496 e. The van der Waals surface area contributed by atoms with Gasteiger partial charge in [0.25, 0.3) is 0 Å². The fourth-order valence-electron chi connectivity index (χ4n) is 2.54. The van der Waals surface area contributed by atoms with Crippen LogP contribution in [0.3, 0.4) is 0 Å². The first-order chi connectivity index (χ1) is 10.2. The molecule has 1 unspecified atom stereocenters. The Hall–Kier alpha value is -2.49. The SMILES string of the molecule is COc1cc(C)ccc1C(C)Nc1ccc2[nH]ncc2c1. The number of aromatic amines is 1. The average Bonchev–Trinajstić information content (AvgIpc) is 2.94. The van der Waals surface area contributed by atoms with Crippen LogP contribution in [0.15, 0.2) is 42.6 Å². The Labute approximate surface area is 124 Å². The van der Waals surface area contributed by atoms with Crippen LogP contribution in [0.5, 0.6) is 5.75 Å². The van der Waals surface area contributed by atoms with E-state index in [0.717, 1.165) is 27.9 Å². The summed E-state index contributed by atoms with van der Waals surface area (Å²) in [5, 5.41) is 11.6. The predicted molar refractivity (Wildman–Crippen MR) is 85.9 cm³/mol. The van der Waals surface area contributed by atoms with E-state index in [1.165, 1.54) is 5.56 Å². The molecule has 1 heterocycles. The van der Waals surface area contributed by atoms with Crippen molar-refractivity contribution >= 4 is 16.6 Å². The molecule has 0 bridgehead atoms. The smallest absolute Gasteiger partial charge is 0.124 e. The Morgan fingerprint density at radius 2 is 2.05 bits per heavy atom. The van der Waals surface area contributed by atoms with Gasteiger partial charge in [-0.1, -0.05) is 12.1 Å². The lowest BCUT2D eigenvalue weighted by Crippen LogP contribution is -2.08. The number of ether oxygens (including phenoxy) is 1. The molecule has 1 aromatic heterocycles. The molecule has 4 heteroatoms. The van der Waals surface area contributed by atoms with Gasteiger partial charge in [0.05, 0.1) is 24.9 Å². The van der Waals surface area contributed by atoms with Crippen molar-refractivity contribution in [3.8, 4) is 5.75 Å². The molecule has 2 N–H and O–H groups in total. The third-order valence-electron chi connectivity index (χ3n) is 3.68. The van der Waals surface area contributed by atoms with Crippen molar-refractivity contribution in [3.05, 3.63) is 53.7 Å². The molecule has 21 heavy (non-hydrogen) atoms. The fraction of sp³-hybridized carbons (Fsp3) is 0.235. The van der Waals surface area contributed by atoms with E-state index >= 15 is 0 Å². The molecular formula is C17H19N3O. The zero-order chi connectivity index (χ0) is 14.8. The fourth-order valence-corrected chi connectivity index (χ4v) is 2.54. The summed E-state index contributed by atoms with van der Waals surface area (Å²) in [5.74, 6) is 0.916. The summed E-state index contributed by atoms with van der Waals surface area (Å²) in [6.07, 6.45) is 1.83. The molecule has 0 aliphatic heterocycles. The highest BCUT2D eigenvalue weighted by Gasteiger charge is 2.11. The van der Waals surface area contributed by atoms with Crippen LogP contribution in [0.4, 0.5) is 5.69 Å². The molecule has 0 fully saturated rings. The van der Waals surface area contributed by atoms with Crippen molar-refractivity contribution in [2.24, 2.45) is 0 Å². The summed E-state index contributed by atoms with van der Waals surface area (Å²) in [6.45, 7) is 4.20. The van der Waals surface area contributed by atoms with Crippen molar-refractivity contribution in [2.75, 3.05) is 12.4 Å². The highest BCUT2D eigenvalue weighted by Crippen LogP contribution is 2.29. The molecule has 4 nitrogen and oxygen atoms in total. The molecule has 3 rings (SSSR count). The second-order valence-electron chi connectivity index (χ2n) is 5.28. The van der Waals surface area contributed by atoms with Gasteiger partial charge in [-0.25, -0.2) is 0 Å². The van der Waals surface area contributed by atoms with E-state index in [2.05, 4.69) is 59.7 Å². The molecule has 1 atom stereocenters. The first-order valence-electron chi connectivity index (χ1n) is 7.01. The summed E-state index contributed by atoms with van der Waals surface area (Å²) in [5.41, 5.74) is 4.46. The monoisotopic (exact) mass is 281 g/mol. The third kappa shape index (κ3) is 2.70. The molecule has 0 spiro atoms. The Morgan fingerprint density at radius 1 is 1.19 bits per heavy atom. The van der Waals surface area contributed by atoms with Gasteiger partial charge in [-0.05, 0) is 43.7 Å². The number of H-pyrrole nitrogens is 1. The van der Waals surface area contributed by atoms with Crippen molar-refractivity contribution in [2.45, 2.75) is 19.9 Å². The van der Waals surface area contributed by atoms with Crippen LogP contribution in [0, 0.1) is 6.92 Å². The predicted octanol–water partition coefficient (Wildman–Crippen LogP) is 4.05. The first-order valence-corrected chi connectivity index (χ1v) is 7.01. The van der Waals surface area contributed by atoms with Gasteiger partial charge in [-0.2, -0.15) is 5.10 Å². The number of hydrogen-bond donors (Lipinski definition) is 2. The van der Waals surface area contributed by atoms with E-state index in [-0.39, 0.29) is 6.04 Å². The van der Waals surface area contributed by atoms with Crippen LogP contribution in [0.25, 0.3) is 10.9 Å². The van der Waals surface area contributed by atoms with Crippen LogP contribution in [0.2, 0.25) is 0 Å². The number of methoxy groups -OCH3 is 1. The average molecular weight is 281 g/mol. The van der Waals surface area contributed by atoms with Gasteiger partial charge in [0, 0.05) is 16.6 Å². The van der Waals surface area contributed by atoms with Gasteiger partial charge < -0.3 is 10.1 Å². The molecule has 3 aromatic rings. The first kappa shape index (κ1) is 13.5. The van der Waals surface area contributed by atoms with Crippen molar-refractivity contribution < 1.29 is 4.74 Å². The lowest BCUT2D eigenvalue weighted by atomic mass is 10.0. The maximum absolute atomic E-state index is 5.49. The highest BCUT2D eigenvalue weighted by molar-refractivity contribution is 5.81. The molecule has 0 radical (unpaired) electrons. The lowest BCUT2D eigenvalue weighted by Gasteiger charge is -2.19. The number of benzene rings is 2. The Bertz CT molecular complexity index is 764. The third-order valence-corrected chi connectivity index (χ3v) is 3.68. The molecule has 0 aliphatic rings. The van der Waals surface area contributed by atoms with Gasteiger partial charge in [0.2, 0.25) is 0 Å². The Kier molecular flexibility index (Phi) is 3.52. The van der Waals surface area contributed by atoms with Crippen LogP contribution in [0.1, 0.15) is 24.1 Å². The Balaban J connectivity index is 1.86. The number of aromatic nitrogens is 2. The maximum Gasteiger partial charge on any atom is 0.124 e. The molecule has 0 amide bonds. The van der Waals surface area contributed by atoms with Crippen molar-refractivity contribution in [1.29, 1.82) is 0 Å². The number of anilines is 1.